The summed E-state index contributed by atoms with van der Waals surface area (Å²) in [6.07, 6.45) is -1.81. The second kappa shape index (κ2) is 7.87. The normalized spacial score (nSPS) is 20.0. The maximum atomic E-state index is 13.6. The lowest BCUT2D eigenvalue weighted by molar-refractivity contribution is -0.137. The molecule has 8 heteroatoms. The second-order valence-corrected chi connectivity index (χ2v) is 7.09. The molecule has 152 valence electrons. The summed E-state index contributed by atoms with van der Waals surface area (Å²) in [6, 6.07) is 11.1. The summed E-state index contributed by atoms with van der Waals surface area (Å²) < 4.78 is 46.1. The van der Waals surface area contributed by atoms with E-state index in [0.29, 0.717) is 31.7 Å². The van der Waals surface area contributed by atoms with Gasteiger partial charge in [-0.25, -0.2) is 0 Å². The van der Waals surface area contributed by atoms with Crippen molar-refractivity contribution in [2.75, 3.05) is 23.8 Å². The summed E-state index contributed by atoms with van der Waals surface area (Å²) >= 11 is 0. The fourth-order valence-electron chi connectivity index (χ4n) is 3.58. The van der Waals surface area contributed by atoms with Crippen molar-refractivity contribution in [3.63, 3.8) is 0 Å². The van der Waals surface area contributed by atoms with Crippen LogP contribution in [0.1, 0.15) is 29.9 Å². The first-order valence-corrected chi connectivity index (χ1v) is 9.41. The van der Waals surface area contributed by atoms with Crippen LogP contribution in [-0.2, 0) is 15.7 Å². The smallest absolute Gasteiger partial charge is 0.382 e. The third-order valence-electron chi connectivity index (χ3n) is 5.10. The highest BCUT2D eigenvalue weighted by atomic mass is 19.4. The average Bonchev–Trinajstić information content (AvgIpc) is 3.02. The number of fused-ring (bicyclic) bond motifs is 1. The number of rotatable bonds is 4. The number of ether oxygens (including phenoxy) is 1. The number of hydrogen-bond donors (Lipinski definition) is 2. The zero-order chi connectivity index (χ0) is 20.4. The lowest BCUT2D eigenvalue weighted by Gasteiger charge is -2.26. The fourth-order valence-corrected chi connectivity index (χ4v) is 3.58. The van der Waals surface area contributed by atoms with E-state index >= 15 is 0 Å². The number of carbonyl (C=O) groups excluding carboxylic acids is 1. The van der Waals surface area contributed by atoms with Crippen molar-refractivity contribution in [3.8, 4) is 0 Å². The molecule has 1 atom stereocenters. The van der Waals surface area contributed by atoms with E-state index in [-0.39, 0.29) is 23.3 Å². The van der Waals surface area contributed by atoms with Crippen LogP contribution in [0.15, 0.2) is 47.5 Å². The molecule has 2 aromatic rings. The number of amides is 1. The predicted octanol–water partition coefficient (Wildman–Crippen LogP) is 4.73. The largest absolute Gasteiger partial charge is 0.418 e. The van der Waals surface area contributed by atoms with Crippen LogP contribution in [0, 0.1) is 0 Å². The van der Waals surface area contributed by atoms with E-state index in [1.54, 1.807) is 24.3 Å². The van der Waals surface area contributed by atoms with Gasteiger partial charge in [0.1, 0.15) is 5.92 Å². The topological polar surface area (TPSA) is 62.7 Å². The summed E-state index contributed by atoms with van der Waals surface area (Å²) in [4.78, 5) is 16.3. The second-order valence-electron chi connectivity index (χ2n) is 7.09. The number of nitrogens with one attached hydrogen (secondary N) is 2. The van der Waals surface area contributed by atoms with Gasteiger partial charge in [-0.15, -0.1) is 0 Å². The van der Waals surface area contributed by atoms with Crippen molar-refractivity contribution in [3.05, 3.63) is 53.6 Å². The molecule has 1 unspecified atom stereocenters. The Balaban J connectivity index is 1.58. The predicted molar refractivity (Wildman–Crippen MR) is 105 cm³/mol. The molecule has 0 radical (unpaired) electrons. The van der Waals surface area contributed by atoms with Crippen LogP contribution < -0.4 is 10.6 Å². The summed E-state index contributed by atoms with van der Waals surface area (Å²) in [5, 5.41) is 5.73. The van der Waals surface area contributed by atoms with Gasteiger partial charge in [-0.05, 0) is 42.7 Å². The van der Waals surface area contributed by atoms with Gasteiger partial charge in [-0.2, -0.15) is 13.2 Å². The first-order chi connectivity index (χ1) is 13.9. The van der Waals surface area contributed by atoms with Crippen LogP contribution in [0.2, 0.25) is 0 Å². The van der Waals surface area contributed by atoms with Gasteiger partial charge in [0.25, 0.3) is 0 Å². The molecule has 0 bridgehead atoms. The van der Waals surface area contributed by atoms with Crippen molar-refractivity contribution >= 4 is 29.2 Å². The molecule has 0 aliphatic carbocycles. The molecule has 4 rings (SSSR count). The molecule has 2 N–H and O–H groups in total. The maximum Gasteiger partial charge on any atom is 0.418 e. The number of benzene rings is 2. The van der Waals surface area contributed by atoms with E-state index < -0.39 is 17.7 Å². The molecular weight excluding hydrogens is 383 g/mol. The fraction of sp³-hybridized carbons (Fsp3) is 0.333. The number of nitrogens with zero attached hydrogens (tertiary/aromatic N) is 1. The molecule has 2 aromatic carbocycles. The number of aliphatic imine (C=N–C) groups is 1. The molecule has 2 aliphatic rings. The van der Waals surface area contributed by atoms with E-state index in [9.17, 15) is 18.0 Å². The van der Waals surface area contributed by atoms with Crippen LogP contribution in [0.4, 0.5) is 30.2 Å². The monoisotopic (exact) mass is 403 g/mol. The highest BCUT2D eigenvalue weighted by Crippen LogP contribution is 2.38. The number of anilines is 2. The molecule has 1 fully saturated rings. The Bertz CT molecular complexity index is 937. The van der Waals surface area contributed by atoms with E-state index in [4.69, 9.17) is 4.74 Å². The van der Waals surface area contributed by atoms with Gasteiger partial charge in [-0.3, -0.25) is 9.79 Å². The van der Waals surface area contributed by atoms with Crippen LogP contribution in [0.5, 0.6) is 0 Å². The van der Waals surface area contributed by atoms with Gasteiger partial charge in [0.05, 0.1) is 11.3 Å². The average molecular weight is 403 g/mol. The molecule has 0 aromatic heterocycles. The Hall–Kier alpha value is -2.87. The summed E-state index contributed by atoms with van der Waals surface area (Å²) in [5.41, 5.74) is 0.866. The van der Waals surface area contributed by atoms with Crippen molar-refractivity contribution in [2.24, 2.45) is 4.99 Å². The van der Waals surface area contributed by atoms with Gasteiger partial charge < -0.3 is 15.4 Å². The van der Waals surface area contributed by atoms with Gasteiger partial charge >= 0.3 is 6.18 Å². The zero-order valence-electron chi connectivity index (χ0n) is 15.5. The lowest BCUT2D eigenvalue weighted by Crippen LogP contribution is -2.28. The number of para-hydroxylation sites is 1. The van der Waals surface area contributed by atoms with Crippen molar-refractivity contribution in [1.29, 1.82) is 0 Å². The van der Waals surface area contributed by atoms with Crippen LogP contribution >= 0.6 is 0 Å². The lowest BCUT2D eigenvalue weighted by atomic mass is 10.0. The van der Waals surface area contributed by atoms with Gasteiger partial charge in [-0.1, -0.05) is 18.2 Å². The van der Waals surface area contributed by atoms with E-state index in [0.717, 1.165) is 11.6 Å². The van der Waals surface area contributed by atoms with E-state index in [1.807, 2.05) is 0 Å². The molecule has 2 heterocycles. The van der Waals surface area contributed by atoms with Crippen molar-refractivity contribution < 1.29 is 22.7 Å². The van der Waals surface area contributed by atoms with Gasteiger partial charge in [0.15, 0.2) is 0 Å². The molecular formula is C21H20F3N3O2. The summed E-state index contributed by atoms with van der Waals surface area (Å²) in [7, 11) is 0. The first kappa shape index (κ1) is 19.4. The summed E-state index contributed by atoms with van der Waals surface area (Å²) in [5.74, 6) is -0.871. The van der Waals surface area contributed by atoms with E-state index in [2.05, 4.69) is 15.6 Å². The summed E-state index contributed by atoms with van der Waals surface area (Å²) in [6.45, 7) is 1.07. The minimum absolute atomic E-state index is 0.0345. The van der Waals surface area contributed by atoms with Crippen LogP contribution in [0.3, 0.4) is 0 Å². The molecule has 29 heavy (non-hydrogen) atoms. The van der Waals surface area contributed by atoms with Crippen molar-refractivity contribution in [2.45, 2.75) is 31.0 Å². The molecule has 5 nitrogen and oxygen atoms in total. The number of hydrogen-bond acceptors (Lipinski definition) is 4. The SMILES string of the molecule is O=C1Nc2ccccc2C1C=Nc1ccc(NC2CCOCC2)c(C(F)(F)F)c1. The quantitative estimate of drug-likeness (QED) is 0.726. The third-order valence-corrected chi connectivity index (χ3v) is 5.10. The number of carbonyl (C=O) groups is 1. The molecule has 2 aliphatic heterocycles. The molecule has 0 saturated carbocycles. The number of halogens is 3. The number of alkyl halides is 3. The van der Waals surface area contributed by atoms with Gasteiger partial charge in [0, 0.05) is 36.8 Å². The molecule has 1 amide bonds. The Kier molecular flexibility index (Phi) is 5.27. The first-order valence-electron chi connectivity index (χ1n) is 9.41. The van der Waals surface area contributed by atoms with Crippen LogP contribution in [0.25, 0.3) is 0 Å². The Labute approximate surface area is 166 Å². The Morgan fingerprint density at radius 3 is 2.66 bits per heavy atom. The third kappa shape index (κ3) is 4.27. The minimum atomic E-state index is -4.52. The highest BCUT2D eigenvalue weighted by Gasteiger charge is 2.35. The van der Waals surface area contributed by atoms with Gasteiger partial charge in [0.2, 0.25) is 5.91 Å². The maximum absolute atomic E-state index is 13.6. The Morgan fingerprint density at radius 1 is 1.14 bits per heavy atom. The molecule has 1 saturated heterocycles. The minimum Gasteiger partial charge on any atom is -0.382 e. The Morgan fingerprint density at radius 2 is 1.90 bits per heavy atom. The molecule has 0 spiro atoms. The standard InChI is InChI=1S/C21H20F3N3O2/c22-21(23,24)17-11-14(5-6-19(17)26-13-7-9-29-10-8-13)25-12-16-15-3-1-2-4-18(15)27-20(16)28/h1-6,11-13,16,26H,7-10H2,(H,27,28). The zero-order valence-corrected chi connectivity index (χ0v) is 15.5. The van der Waals surface area contributed by atoms with Crippen molar-refractivity contribution in [1.82, 2.24) is 0 Å². The van der Waals surface area contributed by atoms with Crippen LogP contribution in [-0.4, -0.2) is 31.4 Å². The highest BCUT2D eigenvalue weighted by molar-refractivity contribution is 6.12. The van der Waals surface area contributed by atoms with E-state index in [1.165, 1.54) is 18.3 Å².